The Balaban J connectivity index is 1.98. The minimum absolute atomic E-state index is 0.547. The molecule has 0 aliphatic heterocycles. The Morgan fingerprint density at radius 2 is 2.09 bits per heavy atom. The number of nitrogens with one attached hydrogen (secondary N) is 2. The van der Waals surface area contributed by atoms with Crippen molar-refractivity contribution in [3.63, 3.8) is 0 Å². The molecule has 0 aliphatic rings. The van der Waals surface area contributed by atoms with E-state index in [9.17, 15) is 0 Å². The molecule has 0 amide bonds. The van der Waals surface area contributed by atoms with Gasteiger partial charge in [0.05, 0.1) is 30.8 Å². The molecule has 0 radical (unpaired) electrons. The molecule has 0 atom stereocenters. The lowest BCUT2D eigenvalue weighted by atomic mass is 10.2. The van der Waals surface area contributed by atoms with Crippen molar-refractivity contribution in [3.8, 4) is 17.0 Å². The number of ether oxygens (including phenoxy) is 1. The van der Waals surface area contributed by atoms with Crippen LogP contribution in [0.25, 0.3) is 11.3 Å². The van der Waals surface area contributed by atoms with Crippen molar-refractivity contribution >= 4 is 22.8 Å². The van der Waals surface area contributed by atoms with E-state index in [1.165, 1.54) is 0 Å². The molecule has 0 saturated carbocycles. The third kappa shape index (κ3) is 4.14. The Bertz CT molecular complexity index is 661. The molecule has 1 heterocycles. The summed E-state index contributed by atoms with van der Waals surface area (Å²) in [4.78, 5) is 4.59. The predicted molar refractivity (Wildman–Crippen MR) is 92.1 cm³/mol. The molecule has 1 aromatic carbocycles. The second-order valence-corrected chi connectivity index (χ2v) is 5.66. The van der Waals surface area contributed by atoms with Gasteiger partial charge < -0.3 is 15.6 Å². The Labute approximate surface area is 134 Å². The molecule has 0 aliphatic carbocycles. The molecule has 6 heteroatoms. The first-order valence-corrected chi connectivity index (χ1v) is 7.95. The van der Waals surface area contributed by atoms with Crippen molar-refractivity contribution < 1.29 is 4.74 Å². The second-order valence-electron chi connectivity index (χ2n) is 4.72. The summed E-state index contributed by atoms with van der Waals surface area (Å²) >= 11 is 1.59. The van der Waals surface area contributed by atoms with Gasteiger partial charge in [0.1, 0.15) is 10.8 Å². The van der Waals surface area contributed by atoms with E-state index in [1.54, 1.807) is 18.4 Å². The highest BCUT2D eigenvalue weighted by Gasteiger charge is 2.05. The zero-order valence-corrected chi connectivity index (χ0v) is 13.8. The number of thiazole rings is 1. The van der Waals surface area contributed by atoms with E-state index >= 15 is 0 Å². The largest absolute Gasteiger partial charge is 0.497 e. The van der Waals surface area contributed by atoms with Crippen LogP contribution in [-0.2, 0) is 6.54 Å². The Morgan fingerprint density at radius 3 is 2.73 bits per heavy atom. The van der Waals surface area contributed by atoms with Crippen LogP contribution in [0.2, 0.25) is 0 Å². The van der Waals surface area contributed by atoms with Crippen LogP contribution in [0, 0.1) is 5.41 Å². The lowest BCUT2D eigenvalue weighted by Gasteiger charge is -2.02. The molecule has 2 aromatic rings. The van der Waals surface area contributed by atoms with E-state index in [0.29, 0.717) is 18.7 Å². The molecule has 5 nitrogen and oxygen atoms in total. The molecule has 0 fully saturated rings. The Kier molecular flexibility index (Phi) is 5.66. The van der Waals surface area contributed by atoms with Gasteiger partial charge in [-0.2, -0.15) is 5.10 Å². The van der Waals surface area contributed by atoms with Crippen LogP contribution in [0.3, 0.4) is 0 Å². The van der Waals surface area contributed by atoms with Crippen molar-refractivity contribution in [1.29, 1.82) is 5.41 Å². The lowest BCUT2D eigenvalue weighted by Crippen LogP contribution is -2.14. The fourth-order valence-corrected chi connectivity index (χ4v) is 2.57. The van der Waals surface area contributed by atoms with Crippen LogP contribution in [0.5, 0.6) is 5.75 Å². The number of rotatable bonds is 7. The Hall–Kier alpha value is -2.21. The minimum atomic E-state index is 0.547. The van der Waals surface area contributed by atoms with Crippen LogP contribution >= 0.6 is 11.3 Å². The van der Waals surface area contributed by atoms with E-state index in [-0.39, 0.29) is 0 Å². The van der Waals surface area contributed by atoms with Gasteiger partial charge in [0, 0.05) is 10.9 Å². The number of hydrogen-bond donors (Lipinski definition) is 2. The van der Waals surface area contributed by atoms with Gasteiger partial charge in [-0.1, -0.05) is 6.92 Å². The number of nitrogens with zero attached hydrogens (tertiary/aromatic N) is 2. The van der Waals surface area contributed by atoms with Gasteiger partial charge in [0.2, 0.25) is 0 Å². The summed E-state index contributed by atoms with van der Waals surface area (Å²) in [6.45, 7) is 4.35. The third-order valence-electron chi connectivity index (χ3n) is 3.20. The van der Waals surface area contributed by atoms with Crippen molar-refractivity contribution in [3.05, 3.63) is 34.7 Å². The minimum Gasteiger partial charge on any atom is -0.497 e. The molecule has 1 aromatic heterocycles. The summed E-state index contributed by atoms with van der Waals surface area (Å²) in [6, 6.07) is 7.85. The van der Waals surface area contributed by atoms with Crippen molar-refractivity contribution in [2.75, 3.05) is 7.11 Å². The summed E-state index contributed by atoms with van der Waals surface area (Å²) in [5.41, 5.74) is 6.25. The summed E-state index contributed by atoms with van der Waals surface area (Å²) < 4.78 is 5.15. The summed E-state index contributed by atoms with van der Waals surface area (Å²) in [6.07, 6.45) is 0.690. The van der Waals surface area contributed by atoms with Gasteiger partial charge in [0.15, 0.2) is 0 Å². The molecule has 0 saturated heterocycles. The SMILES string of the molecule is CCC(=N)/C(C)=N\NCc1nc(-c2ccc(OC)cc2)cs1. The smallest absolute Gasteiger partial charge is 0.118 e. The highest BCUT2D eigenvalue weighted by atomic mass is 32.1. The quantitative estimate of drug-likeness (QED) is 0.604. The Morgan fingerprint density at radius 1 is 1.36 bits per heavy atom. The summed E-state index contributed by atoms with van der Waals surface area (Å²) in [7, 11) is 1.66. The molecular weight excluding hydrogens is 296 g/mol. The molecule has 0 bridgehead atoms. The number of hydrazone groups is 1. The topological polar surface area (TPSA) is 70.4 Å². The number of methoxy groups -OCH3 is 1. The first-order valence-electron chi connectivity index (χ1n) is 7.07. The highest BCUT2D eigenvalue weighted by molar-refractivity contribution is 7.09. The summed E-state index contributed by atoms with van der Waals surface area (Å²) in [5, 5.41) is 14.9. The van der Waals surface area contributed by atoms with E-state index in [0.717, 1.165) is 27.7 Å². The van der Waals surface area contributed by atoms with Gasteiger partial charge in [-0.25, -0.2) is 4.98 Å². The average Bonchev–Trinajstić information content (AvgIpc) is 3.02. The fourth-order valence-electron chi connectivity index (χ4n) is 1.84. The zero-order chi connectivity index (χ0) is 15.9. The van der Waals surface area contributed by atoms with Gasteiger partial charge in [-0.3, -0.25) is 0 Å². The maximum absolute atomic E-state index is 7.68. The van der Waals surface area contributed by atoms with E-state index in [2.05, 4.69) is 15.5 Å². The predicted octanol–water partition coefficient (Wildman–Crippen LogP) is 3.71. The van der Waals surface area contributed by atoms with Crippen LogP contribution in [0.4, 0.5) is 0 Å². The van der Waals surface area contributed by atoms with Gasteiger partial charge in [0.25, 0.3) is 0 Å². The first-order chi connectivity index (χ1) is 10.6. The zero-order valence-electron chi connectivity index (χ0n) is 13.0. The normalized spacial score (nSPS) is 11.3. The maximum atomic E-state index is 7.68. The molecule has 2 rings (SSSR count). The summed E-state index contributed by atoms with van der Waals surface area (Å²) in [5.74, 6) is 0.837. The standard InChI is InChI=1S/C16H20N4OS/c1-4-14(17)11(2)20-18-9-16-19-15(10-22-16)12-5-7-13(21-3)8-6-12/h5-8,10,17-18H,4,9H2,1-3H3/b17-14?,20-11-. The third-order valence-corrected chi connectivity index (χ3v) is 4.05. The molecule has 116 valence electrons. The molecular formula is C16H20N4OS. The van der Waals surface area contributed by atoms with Gasteiger partial charge >= 0.3 is 0 Å². The van der Waals surface area contributed by atoms with Crippen molar-refractivity contribution in [2.45, 2.75) is 26.8 Å². The van der Waals surface area contributed by atoms with Crippen LogP contribution in [0.1, 0.15) is 25.3 Å². The van der Waals surface area contributed by atoms with E-state index < -0.39 is 0 Å². The van der Waals surface area contributed by atoms with Crippen LogP contribution in [0.15, 0.2) is 34.7 Å². The first kappa shape index (κ1) is 16.2. The van der Waals surface area contributed by atoms with Crippen LogP contribution < -0.4 is 10.2 Å². The van der Waals surface area contributed by atoms with Gasteiger partial charge in [-0.05, 0) is 37.6 Å². The number of aromatic nitrogens is 1. The monoisotopic (exact) mass is 316 g/mol. The number of benzene rings is 1. The van der Waals surface area contributed by atoms with Crippen molar-refractivity contribution in [1.82, 2.24) is 10.4 Å². The van der Waals surface area contributed by atoms with Crippen molar-refractivity contribution in [2.24, 2.45) is 5.10 Å². The maximum Gasteiger partial charge on any atom is 0.118 e. The molecule has 0 spiro atoms. The molecule has 0 unspecified atom stereocenters. The van der Waals surface area contributed by atoms with E-state index in [4.69, 9.17) is 10.1 Å². The highest BCUT2D eigenvalue weighted by Crippen LogP contribution is 2.24. The number of hydrogen-bond acceptors (Lipinski definition) is 6. The van der Waals surface area contributed by atoms with E-state index in [1.807, 2.05) is 43.5 Å². The average molecular weight is 316 g/mol. The molecule has 22 heavy (non-hydrogen) atoms. The second kappa shape index (κ2) is 7.70. The molecule has 2 N–H and O–H groups in total. The van der Waals surface area contributed by atoms with Crippen LogP contribution in [-0.4, -0.2) is 23.5 Å². The van der Waals surface area contributed by atoms with Gasteiger partial charge in [-0.15, -0.1) is 11.3 Å². The lowest BCUT2D eigenvalue weighted by molar-refractivity contribution is 0.415. The fraction of sp³-hybridized carbons (Fsp3) is 0.312.